The smallest absolute Gasteiger partial charge is 0.243 e. The monoisotopic (exact) mass is 332 g/mol. The fraction of sp³-hybridized carbons (Fsp3) is 0.500. The maximum atomic E-state index is 12.7. The maximum Gasteiger partial charge on any atom is 0.243 e. The van der Waals surface area contributed by atoms with E-state index < -0.39 is 10.0 Å². The van der Waals surface area contributed by atoms with Crippen molar-refractivity contribution in [1.82, 2.24) is 19.1 Å². The van der Waals surface area contributed by atoms with E-state index in [1.54, 1.807) is 34.9 Å². The minimum Gasteiger partial charge on any atom is -0.314 e. The summed E-state index contributed by atoms with van der Waals surface area (Å²) in [5.41, 5.74) is 0. The van der Waals surface area contributed by atoms with Crippen molar-refractivity contribution in [1.29, 1.82) is 0 Å². The van der Waals surface area contributed by atoms with Crippen molar-refractivity contribution in [2.45, 2.75) is 42.5 Å². The van der Waals surface area contributed by atoms with Gasteiger partial charge in [0.25, 0.3) is 0 Å². The second-order valence-electron chi connectivity index (χ2n) is 6.32. The summed E-state index contributed by atoms with van der Waals surface area (Å²) in [5.74, 6) is 1.64. The number of aromatic nitrogens is 3. The van der Waals surface area contributed by atoms with Crippen LogP contribution in [0, 0.1) is 0 Å². The molecule has 7 heteroatoms. The van der Waals surface area contributed by atoms with Gasteiger partial charge in [0.05, 0.1) is 4.90 Å². The highest BCUT2D eigenvalue weighted by Crippen LogP contribution is 2.40. The van der Waals surface area contributed by atoms with Crippen molar-refractivity contribution in [3.63, 3.8) is 0 Å². The standard InChI is InChI=1S/C16H20N4O2S/c21-23(22,15-4-2-1-3-5-15)19-10-8-14(9-11-19)20-12-17-18-16(20)13-6-7-13/h1-5,12-14H,6-11H2. The molecule has 0 radical (unpaired) electrons. The van der Waals surface area contributed by atoms with Gasteiger partial charge >= 0.3 is 0 Å². The zero-order valence-corrected chi connectivity index (χ0v) is 13.7. The average molecular weight is 332 g/mol. The summed E-state index contributed by atoms with van der Waals surface area (Å²) in [4.78, 5) is 0.376. The Morgan fingerprint density at radius 2 is 1.70 bits per heavy atom. The van der Waals surface area contributed by atoms with Crippen LogP contribution in [-0.4, -0.2) is 40.6 Å². The highest BCUT2D eigenvalue weighted by molar-refractivity contribution is 7.89. The van der Waals surface area contributed by atoms with Crippen LogP contribution >= 0.6 is 0 Å². The first kappa shape index (κ1) is 14.8. The number of benzene rings is 1. The third-order valence-corrected chi connectivity index (χ3v) is 6.65. The normalized spacial score (nSPS) is 20.7. The summed E-state index contributed by atoms with van der Waals surface area (Å²) in [6.45, 7) is 1.09. The zero-order chi connectivity index (χ0) is 15.9. The Labute approximate surface area is 136 Å². The predicted octanol–water partition coefficient (Wildman–Crippen LogP) is 2.18. The SMILES string of the molecule is O=S(=O)(c1ccccc1)N1CCC(n2cnnc2C2CC2)CC1. The molecule has 2 aromatic rings. The molecule has 0 unspecified atom stereocenters. The quantitative estimate of drug-likeness (QED) is 0.860. The molecular formula is C16H20N4O2S. The molecule has 23 heavy (non-hydrogen) atoms. The Bertz CT molecular complexity index is 775. The molecule has 2 heterocycles. The second kappa shape index (κ2) is 5.72. The lowest BCUT2D eigenvalue weighted by atomic mass is 10.1. The van der Waals surface area contributed by atoms with Crippen LogP contribution in [0.15, 0.2) is 41.6 Å². The molecule has 1 saturated heterocycles. The molecule has 1 aliphatic heterocycles. The Balaban J connectivity index is 1.48. The van der Waals surface area contributed by atoms with Crippen molar-refractivity contribution in [2.24, 2.45) is 0 Å². The fourth-order valence-electron chi connectivity index (χ4n) is 3.27. The van der Waals surface area contributed by atoms with Crippen molar-refractivity contribution in [3.05, 3.63) is 42.5 Å². The lowest BCUT2D eigenvalue weighted by Gasteiger charge is -2.32. The van der Waals surface area contributed by atoms with Gasteiger partial charge in [-0.2, -0.15) is 4.31 Å². The van der Waals surface area contributed by atoms with Gasteiger partial charge in [-0.05, 0) is 37.8 Å². The molecule has 2 fully saturated rings. The van der Waals surface area contributed by atoms with Gasteiger partial charge in [0.15, 0.2) is 0 Å². The first-order chi connectivity index (χ1) is 11.2. The molecule has 1 aromatic heterocycles. The van der Waals surface area contributed by atoms with Crippen LogP contribution < -0.4 is 0 Å². The molecule has 6 nitrogen and oxygen atoms in total. The summed E-state index contributed by atoms with van der Waals surface area (Å²) < 4.78 is 29.1. The molecule has 2 aliphatic rings. The largest absolute Gasteiger partial charge is 0.314 e. The second-order valence-corrected chi connectivity index (χ2v) is 8.26. The van der Waals surface area contributed by atoms with Crippen LogP contribution in [0.1, 0.15) is 43.5 Å². The lowest BCUT2D eigenvalue weighted by molar-refractivity contribution is 0.270. The third-order valence-electron chi connectivity index (χ3n) is 4.74. The van der Waals surface area contributed by atoms with E-state index in [-0.39, 0.29) is 0 Å². The van der Waals surface area contributed by atoms with Crippen LogP contribution in [0.3, 0.4) is 0 Å². The highest BCUT2D eigenvalue weighted by atomic mass is 32.2. The Kier molecular flexibility index (Phi) is 3.69. The number of piperidine rings is 1. The van der Waals surface area contributed by atoms with E-state index in [4.69, 9.17) is 0 Å². The van der Waals surface area contributed by atoms with Gasteiger partial charge in [-0.25, -0.2) is 8.42 Å². The molecule has 0 spiro atoms. The van der Waals surface area contributed by atoms with E-state index >= 15 is 0 Å². The molecular weight excluding hydrogens is 312 g/mol. The van der Waals surface area contributed by atoms with Crippen LogP contribution in [-0.2, 0) is 10.0 Å². The van der Waals surface area contributed by atoms with Crippen molar-refractivity contribution in [3.8, 4) is 0 Å². The van der Waals surface area contributed by atoms with E-state index in [2.05, 4.69) is 14.8 Å². The number of hydrogen-bond donors (Lipinski definition) is 0. The summed E-state index contributed by atoms with van der Waals surface area (Å²) in [7, 11) is -3.38. The van der Waals surface area contributed by atoms with Crippen molar-refractivity contribution < 1.29 is 8.42 Å². The molecule has 1 saturated carbocycles. The minimum absolute atomic E-state index is 0.308. The third kappa shape index (κ3) is 2.79. The number of sulfonamides is 1. The molecule has 1 aromatic carbocycles. The zero-order valence-electron chi connectivity index (χ0n) is 12.9. The Morgan fingerprint density at radius 1 is 1.00 bits per heavy atom. The molecule has 0 N–H and O–H groups in total. The van der Waals surface area contributed by atoms with E-state index in [9.17, 15) is 8.42 Å². The lowest BCUT2D eigenvalue weighted by Crippen LogP contribution is -2.39. The van der Waals surface area contributed by atoms with Gasteiger partial charge in [0, 0.05) is 25.0 Å². The number of hydrogen-bond acceptors (Lipinski definition) is 4. The maximum absolute atomic E-state index is 12.7. The Morgan fingerprint density at radius 3 is 2.35 bits per heavy atom. The Hall–Kier alpha value is -1.73. The predicted molar refractivity (Wildman–Crippen MR) is 85.5 cm³/mol. The first-order valence-electron chi connectivity index (χ1n) is 8.11. The van der Waals surface area contributed by atoms with Gasteiger partial charge in [-0.15, -0.1) is 10.2 Å². The number of nitrogens with zero attached hydrogens (tertiary/aromatic N) is 4. The van der Waals surface area contributed by atoms with Crippen LogP contribution in [0.2, 0.25) is 0 Å². The average Bonchev–Trinajstić information content (AvgIpc) is 3.32. The van der Waals surface area contributed by atoms with Gasteiger partial charge < -0.3 is 4.57 Å². The van der Waals surface area contributed by atoms with E-state index in [0.717, 1.165) is 18.7 Å². The van der Waals surface area contributed by atoms with Gasteiger partial charge in [0.1, 0.15) is 12.2 Å². The first-order valence-corrected chi connectivity index (χ1v) is 9.55. The fourth-order valence-corrected chi connectivity index (χ4v) is 4.76. The van der Waals surface area contributed by atoms with Crippen molar-refractivity contribution >= 4 is 10.0 Å². The summed E-state index contributed by atoms with van der Waals surface area (Å²) in [5, 5.41) is 8.30. The van der Waals surface area contributed by atoms with Gasteiger partial charge in [-0.1, -0.05) is 18.2 Å². The van der Waals surface area contributed by atoms with Gasteiger partial charge in [-0.3, -0.25) is 0 Å². The van der Waals surface area contributed by atoms with E-state index in [1.165, 1.54) is 12.8 Å². The summed E-state index contributed by atoms with van der Waals surface area (Å²) in [6.07, 6.45) is 5.81. The minimum atomic E-state index is -3.38. The summed E-state index contributed by atoms with van der Waals surface area (Å²) in [6, 6.07) is 8.98. The number of rotatable bonds is 4. The molecule has 1 aliphatic carbocycles. The molecule has 122 valence electrons. The summed E-state index contributed by atoms with van der Waals surface area (Å²) >= 11 is 0. The molecule has 0 bridgehead atoms. The molecule has 4 rings (SSSR count). The van der Waals surface area contributed by atoms with Crippen LogP contribution in [0.4, 0.5) is 0 Å². The highest BCUT2D eigenvalue weighted by Gasteiger charge is 2.34. The van der Waals surface area contributed by atoms with Crippen molar-refractivity contribution in [2.75, 3.05) is 13.1 Å². The van der Waals surface area contributed by atoms with Crippen LogP contribution in [0.5, 0.6) is 0 Å². The van der Waals surface area contributed by atoms with Gasteiger partial charge in [0.2, 0.25) is 10.0 Å². The van der Waals surface area contributed by atoms with E-state index in [1.807, 2.05) is 6.07 Å². The van der Waals surface area contributed by atoms with E-state index in [0.29, 0.717) is 29.9 Å². The molecule has 0 atom stereocenters. The van der Waals surface area contributed by atoms with Crippen LogP contribution in [0.25, 0.3) is 0 Å². The molecule has 0 amide bonds. The topological polar surface area (TPSA) is 68.1 Å².